The molecule has 0 spiro atoms. The van der Waals surface area contributed by atoms with E-state index in [1.165, 1.54) is 0 Å². The minimum absolute atomic E-state index is 0.361. The molecule has 4 heteroatoms. The summed E-state index contributed by atoms with van der Waals surface area (Å²) in [6.45, 7) is 2.12. The molecule has 1 rings (SSSR count). The molecule has 0 aliphatic rings. The van der Waals surface area contributed by atoms with Gasteiger partial charge in [-0.15, -0.1) is 5.92 Å². The van der Waals surface area contributed by atoms with E-state index in [2.05, 4.69) is 17.2 Å². The van der Waals surface area contributed by atoms with Gasteiger partial charge in [0.15, 0.2) is 0 Å². The maximum Gasteiger partial charge on any atom is 0.207 e. The number of carbonyl (C=O) groups excluding carboxylic acids is 2. The number of nitrogens with one attached hydrogen (secondary N) is 1. The summed E-state index contributed by atoms with van der Waals surface area (Å²) < 4.78 is 5.37. The molecule has 0 bridgehead atoms. The van der Waals surface area contributed by atoms with Crippen molar-refractivity contribution in [2.24, 2.45) is 0 Å². The van der Waals surface area contributed by atoms with E-state index in [4.69, 9.17) is 4.74 Å². The molecule has 4 nitrogen and oxygen atoms in total. The van der Waals surface area contributed by atoms with Crippen molar-refractivity contribution in [1.29, 1.82) is 0 Å². The molecule has 1 atom stereocenters. The van der Waals surface area contributed by atoms with Gasteiger partial charge >= 0.3 is 0 Å². The highest BCUT2D eigenvalue weighted by Gasteiger charge is 2.06. The molecule has 0 aliphatic carbocycles. The summed E-state index contributed by atoms with van der Waals surface area (Å²) in [6.07, 6.45) is 1.72. The van der Waals surface area contributed by atoms with Crippen molar-refractivity contribution < 1.29 is 14.3 Å². The zero-order valence-corrected chi connectivity index (χ0v) is 10.2. The van der Waals surface area contributed by atoms with Crippen LogP contribution in [0.4, 0.5) is 0 Å². The normalized spacial score (nSPS) is 10.7. The predicted octanol–water partition coefficient (Wildman–Crippen LogP) is 0.945. The molecule has 1 N–H and O–H groups in total. The number of hydrogen-bond donors (Lipinski definition) is 1. The standard InChI is InChI=1S/C14H15NO3/c1-2-3-8-18-14-6-4-12(5-7-14)9-13(10-16)15-11-17/h4-7,10-11,13H,8-9H2,1H3,(H,15,17)/t13-/m0/s1. The Morgan fingerprint density at radius 1 is 1.33 bits per heavy atom. The van der Waals surface area contributed by atoms with Crippen LogP contribution in [-0.2, 0) is 16.0 Å². The molecule has 0 heterocycles. The van der Waals surface area contributed by atoms with Crippen LogP contribution >= 0.6 is 0 Å². The first-order chi connectivity index (χ1) is 8.80. The Bertz CT molecular complexity index is 442. The third kappa shape index (κ3) is 4.71. The van der Waals surface area contributed by atoms with Crippen LogP contribution in [0.15, 0.2) is 24.3 Å². The number of benzene rings is 1. The number of rotatable bonds is 7. The van der Waals surface area contributed by atoms with E-state index in [1.807, 2.05) is 24.3 Å². The lowest BCUT2D eigenvalue weighted by Gasteiger charge is -2.09. The van der Waals surface area contributed by atoms with Gasteiger partial charge in [0.25, 0.3) is 0 Å². The number of amides is 1. The Labute approximate surface area is 106 Å². The summed E-state index contributed by atoms with van der Waals surface area (Å²) in [5.41, 5.74) is 0.954. The Balaban J connectivity index is 2.55. The minimum Gasteiger partial charge on any atom is -0.481 e. The molecule has 1 aromatic rings. The van der Waals surface area contributed by atoms with Crippen molar-refractivity contribution >= 4 is 12.7 Å². The molecule has 94 valence electrons. The van der Waals surface area contributed by atoms with Crippen LogP contribution in [0.3, 0.4) is 0 Å². The first-order valence-electron chi connectivity index (χ1n) is 5.56. The Morgan fingerprint density at radius 3 is 2.61 bits per heavy atom. The van der Waals surface area contributed by atoms with Crippen LogP contribution in [0.1, 0.15) is 12.5 Å². The van der Waals surface area contributed by atoms with Crippen molar-refractivity contribution in [2.75, 3.05) is 6.61 Å². The Kier molecular flexibility index (Phi) is 6.05. The molecule has 0 radical (unpaired) electrons. The summed E-state index contributed by atoms with van der Waals surface area (Å²) in [4.78, 5) is 20.9. The number of ether oxygens (including phenoxy) is 1. The van der Waals surface area contributed by atoms with Gasteiger partial charge in [-0.1, -0.05) is 18.1 Å². The summed E-state index contributed by atoms with van der Waals surface area (Å²) in [7, 11) is 0. The highest BCUT2D eigenvalue weighted by Crippen LogP contribution is 2.13. The topological polar surface area (TPSA) is 55.4 Å². The van der Waals surface area contributed by atoms with Gasteiger partial charge in [-0.3, -0.25) is 4.79 Å². The van der Waals surface area contributed by atoms with Crippen LogP contribution in [-0.4, -0.2) is 25.3 Å². The molecular formula is C14H15NO3. The van der Waals surface area contributed by atoms with E-state index in [1.54, 1.807) is 6.92 Å². The van der Waals surface area contributed by atoms with Crippen LogP contribution in [0.2, 0.25) is 0 Å². The maximum absolute atomic E-state index is 10.7. The second-order valence-electron chi connectivity index (χ2n) is 3.59. The quantitative estimate of drug-likeness (QED) is 0.574. The van der Waals surface area contributed by atoms with E-state index in [-0.39, 0.29) is 0 Å². The molecule has 0 saturated carbocycles. The highest BCUT2D eigenvalue weighted by molar-refractivity contribution is 5.64. The first-order valence-corrected chi connectivity index (χ1v) is 5.56. The highest BCUT2D eigenvalue weighted by atomic mass is 16.5. The van der Waals surface area contributed by atoms with Gasteiger partial charge < -0.3 is 14.8 Å². The zero-order valence-electron chi connectivity index (χ0n) is 10.2. The van der Waals surface area contributed by atoms with Crippen LogP contribution < -0.4 is 10.1 Å². The monoisotopic (exact) mass is 245 g/mol. The smallest absolute Gasteiger partial charge is 0.207 e. The average molecular weight is 245 g/mol. The minimum atomic E-state index is -0.486. The third-order valence-corrected chi connectivity index (χ3v) is 2.31. The SMILES string of the molecule is CC#CCOc1ccc(C[C@@H](C=O)NC=O)cc1. The fourth-order valence-corrected chi connectivity index (χ4v) is 1.40. The zero-order chi connectivity index (χ0) is 13.2. The van der Waals surface area contributed by atoms with Crippen molar-refractivity contribution in [2.45, 2.75) is 19.4 Å². The fourth-order valence-electron chi connectivity index (χ4n) is 1.40. The second kappa shape index (κ2) is 7.91. The molecule has 0 fully saturated rings. The Morgan fingerprint density at radius 2 is 2.06 bits per heavy atom. The van der Waals surface area contributed by atoms with Gasteiger partial charge in [0, 0.05) is 0 Å². The van der Waals surface area contributed by atoms with Crippen molar-refractivity contribution in [1.82, 2.24) is 5.32 Å². The summed E-state index contributed by atoms with van der Waals surface area (Å²) in [5.74, 6) is 6.27. The van der Waals surface area contributed by atoms with Gasteiger partial charge in [-0.2, -0.15) is 0 Å². The number of aldehydes is 1. The maximum atomic E-state index is 10.7. The summed E-state index contributed by atoms with van der Waals surface area (Å²) in [6, 6.07) is 6.86. The molecule has 18 heavy (non-hydrogen) atoms. The molecular weight excluding hydrogens is 230 g/mol. The molecule has 0 saturated heterocycles. The van der Waals surface area contributed by atoms with Gasteiger partial charge in [-0.25, -0.2) is 0 Å². The second-order valence-corrected chi connectivity index (χ2v) is 3.59. The summed E-state index contributed by atoms with van der Waals surface area (Å²) in [5, 5.41) is 2.44. The molecule has 0 unspecified atom stereocenters. The lowest BCUT2D eigenvalue weighted by Crippen LogP contribution is -2.31. The third-order valence-electron chi connectivity index (χ3n) is 2.31. The Hall–Kier alpha value is -2.28. The van der Waals surface area contributed by atoms with Crippen molar-refractivity contribution in [3.63, 3.8) is 0 Å². The van der Waals surface area contributed by atoms with Crippen molar-refractivity contribution in [3.05, 3.63) is 29.8 Å². The van der Waals surface area contributed by atoms with Gasteiger partial charge in [-0.05, 0) is 31.0 Å². The largest absolute Gasteiger partial charge is 0.481 e. The van der Waals surface area contributed by atoms with E-state index in [0.29, 0.717) is 19.4 Å². The van der Waals surface area contributed by atoms with E-state index >= 15 is 0 Å². The molecule has 1 aromatic carbocycles. The predicted molar refractivity (Wildman–Crippen MR) is 68.1 cm³/mol. The van der Waals surface area contributed by atoms with Crippen molar-refractivity contribution in [3.8, 4) is 17.6 Å². The van der Waals surface area contributed by atoms with E-state index in [0.717, 1.165) is 17.6 Å². The number of hydrogen-bond acceptors (Lipinski definition) is 3. The van der Waals surface area contributed by atoms with Gasteiger partial charge in [0.2, 0.25) is 6.41 Å². The van der Waals surface area contributed by atoms with E-state index < -0.39 is 6.04 Å². The lowest BCUT2D eigenvalue weighted by molar-refractivity contribution is -0.115. The first kappa shape index (κ1) is 13.8. The fraction of sp³-hybridized carbons (Fsp3) is 0.286. The van der Waals surface area contributed by atoms with Gasteiger partial charge in [0.05, 0.1) is 6.04 Å². The van der Waals surface area contributed by atoms with Crippen LogP contribution in [0.25, 0.3) is 0 Å². The lowest BCUT2D eigenvalue weighted by atomic mass is 10.1. The molecule has 1 amide bonds. The van der Waals surface area contributed by atoms with Crippen LogP contribution in [0.5, 0.6) is 5.75 Å². The molecule has 0 aromatic heterocycles. The summed E-state index contributed by atoms with van der Waals surface area (Å²) >= 11 is 0. The van der Waals surface area contributed by atoms with E-state index in [9.17, 15) is 9.59 Å². The van der Waals surface area contributed by atoms with Crippen LogP contribution in [0, 0.1) is 11.8 Å². The number of carbonyl (C=O) groups is 2. The average Bonchev–Trinajstić information content (AvgIpc) is 2.40. The molecule has 0 aliphatic heterocycles. The van der Waals surface area contributed by atoms with Gasteiger partial charge in [0.1, 0.15) is 18.6 Å².